The molecule has 0 bridgehead atoms. The molecule has 6 nitrogen and oxygen atoms in total. The molecule has 0 unspecified atom stereocenters. The molecule has 1 amide bonds. The van der Waals surface area contributed by atoms with Gasteiger partial charge in [0, 0.05) is 43.8 Å². The quantitative estimate of drug-likeness (QED) is 0.677. The number of nitrogens with one attached hydrogen (secondary N) is 1. The van der Waals surface area contributed by atoms with Crippen molar-refractivity contribution in [1.82, 2.24) is 24.8 Å². The van der Waals surface area contributed by atoms with E-state index in [2.05, 4.69) is 52.9 Å². The van der Waals surface area contributed by atoms with Crippen LogP contribution in [0.3, 0.4) is 0 Å². The smallest absolute Gasteiger partial charge is 0.253 e. The molecule has 2 aliphatic rings. The molecule has 5 rings (SSSR count). The van der Waals surface area contributed by atoms with Gasteiger partial charge in [-0.15, -0.1) is 0 Å². The minimum atomic E-state index is -0.143. The van der Waals surface area contributed by atoms with E-state index in [-0.39, 0.29) is 11.4 Å². The van der Waals surface area contributed by atoms with E-state index in [4.69, 9.17) is 9.97 Å². The number of carbonyl (C=O) groups is 1. The predicted molar refractivity (Wildman–Crippen MR) is 127 cm³/mol. The van der Waals surface area contributed by atoms with Crippen molar-refractivity contribution < 1.29 is 4.79 Å². The number of aromatic nitrogens is 3. The number of aryl methyl sites for hydroxylation is 3. The van der Waals surface area contributed by atoms with Gasteiger partial charge in [-0.05, 0) is 57.2 Å². The second-order valence-electron chi connectivity index (χ2n) is 9.91. The number of benzene rings is 1. The van der Waals surface area contributed by atoms with E-state index >= 15 is 0 Å². The van der Waals surface area contributed by atoms with Crippen LogP contribution in [0.5, 0.6) is 0 Å². The largest absolute Gasteiger partial charge is 0.350 e. The Morgan fingerprint density at radius 2 is 1.88 bits per heavy atom. The topological polar surface area (TPSA) is 63.1 Å². The fourth-order valence-corrected chi connectivity index (χ4v) is 5.10. The van der Waals surface area contributed by atoms with E-state index < -0.39 is 0 Å². The fourth-order valence-electron chi connectivity index (χ4n) is 5.10. The molecule has 0 fully saturated rings. The molecule has 0 saturated carbocycles. The molecule has 1 aromatic carbocycles. The van der Waals surface area contributed by atoms with Crippen LogP contribution in [-0.4, -0.2) is 44.0 Å². The molecule has 6 heteroatoms. The van der Waals surface area contributed by atoms with Crippen molar-refractivity contribution in [2.45, 2.75) is 71.5 Å². The third kappa shape index (κ3) is 3.92. The number of nitrogens with zero attached hydrogens (tertiary/aromatic N) is 4. The van der Waals surface area contributed by atoms with Crippen LogP contribution < -0.4 is 5.32 Å². The first-order valence-electron chi connectivity index (χ1n) is 11.9. The van der Waals surface area contributed by atoms with Crippen LogP contribution in [0.1, 0.15) is 66.1 Å². The molecule has 0 saturated heterocycles. The predicted octanol–water partition coefficient (Wildman–Crippen LogP) is 4.03. The van der Waals surface area contributed by atoms with E-state index in [1.807, 2.05) is 13.0 Å². The van der Waals surface area contributed by atoms with Crippen LogP contribution in [0, 0.1) is 6.92 Å². The van der Waals surface area contributed by atoms with E-state index in [1.165, 1.54) is 17.5 Å². The Morgan fingerprint density at radius 3 is 2.72 bits per heavy atom. The van der Waals surface area contributed by atoms with E-state index in [0.29, 0.717) is 12.1 Å². The molecule has 2 aliphatic heterocycles. The highest BCUT2D eigenvalue weighted by molar-refractivity contribution is 6.04. The maximum atomic E-state index is 13.3. The van der Waals surface area contributed by atoms with Gasteiger partial charge in [0.15, 0.2) is 5.65 Å². The van der Waals surface area contributed by atoms with Gasteiger partial charge < -0.3 is 9.88 Å². The summed E-state index contributed by atoms with van der Waals surface area (Å²) in [5.74, 6) is 1.01. The number of fused-ring (bicyclic) bond motifs is 4. The highest BCUT2D eigenvalue weighted by Gasteiger charge is 2.30. The average molecular weight is 432 g/mol. The maximum Gasteiger partial charge on any atom is 0.253 e. The SMILES string of the molecule is Cc1cc(C(=O)NCC(C)(C)N2CCc3ccccc3C2)c2nc3n(c2n1)CCCCC3. The van der Waals surface area contributed by atoms with Crippen molar-refractivity contribution in [1.29, 1.82) is 0 Å². The summed E-state index contributed by atoms with van der Waals surface area (Å²) < 4.78 is 2.22. The van der Waals surface area contributed by atoms with Crippen LogP contribution in [0.4, 0.5) is 0 Å². The Balaban J connectivity index is 1.35. The molecular formula is C26H33N5O. The molecule has 0 radical (unpaired) electrons. The molecule has 1 N–H and O–H groups in total. The second-order valence-corrected chi connectivity index (χ2v) is 9.91. The van der Waals surface area contributed by atoms with Crippen molar-refractivity contribution in [2.24, 2.45) is 0 Å². The van der Waals surface area contributed by atoms with Crippen molar-refractivity contribution in [3.8, 4) is 0 Å². The summed E-state index contributed by atoms with van der Waals surface area (Å²) in [5, 5.41) is 3.21. The Bertz CT molecular complexity index is 1160. The van der Waals surface area contributed by atoms with Crippen LogP contribution in [0.25, 0.3) is 11.2 Å². The maximum absolute atomic E-state index is 13.3. The number of hydrogen-bond acceptors (Lipinski definition) is 4. The lowest BCUT2D eigenvalue weighted by atomic mass is 9.94. The number of amides is 1. The Kier molecular flexibility index (Phi) is 5.49. The zero-order valence-corrected chi connectivity index (χ0v) is 19.4. The second kappa shape index (κ2) is 8.32. The Morgan fingerprint density at radius 1 is 1.06 bits per heavy atom. The van der Waals surface area contributed by atoms with Gasteiger partial charge in [0.2, 0.25) is 0 Å². The summed E-state index contributed by atoms with van der Waals surface area (Å²) in [6.45, 7) is 9.85. The van der Waals surface area contributed by atoms with Crippen LogP contribution in [-0.2, 0) is 25.9 Å². The van der Waals surface area contributed by atoms with Crippen molar-refractivity contribution in [2.75, 3.05) is 13.1 Å². The average Bonchev–Trinajstić information content (AvgIpc) is 2.97. The minimum absolute atomic E-state index is 0.0563. The fraction of sp³-hybridized carbons (Fsp3) is 0.500. The van der Waals surface area contributed by atoms with Crippen LogP contribution >= 0.6 is 0 Å². The number of hydrogen-bond donors (Lipinski definition) is 1. The Labute approximate surface area is 190 Å². The summed E-state index contributed by atoms with van der Waals surface area (Å²) in [6.07, 6.45) is 5.53. The van der Waals surface area contributed by atoms with Crippen molar-refractivity contribution in [3.63, 3.8) is 0 Å². The number of imidazole rings is 1. The lowest BCUT2D eigenvalue weighted by molar-refractivity contribution is 0.0827. The number of rotatable bonds is 4. The molecule has 2 aromatic heterocycles. The van der Waals surface area contributed by atoms with Gasteiger partial charge in [-0.1, -0.05) is 30.7 Å². The van der Waals surface area contributed by atoms with Crippen LogP contribution in [0.15, 0.2) is 30.3 Å². The third-order valence-electron chi connectivity index (χ3n) is 7.11. The molecule has 4 heterocycles. The highest BCUT2D eigenvalue weighted by atomic mass is 16.1. The Hall–Kier alpha value is -2.73. The lowest BCUT2D eigenvalue weighted by Gasteiger charge is -2.41. The minimum Gasteiger partial charge on any atom is -0.350 e. The van der Waals surface area contributed by atoms with Gasteiger partial charge in [-0.25, -0.2) is 9.97 Å². The first-order chi connectivity index (χ1) is 15.4. The van der Waals surface area contributed by atoms with Gasteiger partial charge >= 0.3 is 0 Å². The van der Waals surface area contributed by atoms with E-state index in [1.54, 1.807) is 0 Å². The zero-order valence-electron chi connectivity index (χ0n) is 19.4. The number of carbonyl (C=O) groups excluding carboxylic acids is 1. The lowest BCUT2D eigenvalue weighted by Crippen LogP contribution is -2.53. The van der Waals surface area contributed by atoms with Crippen molar-refractivity contribution in [3.05, 3.63) is 58.5 Å². The zero-order chi connectivity index (χ0) is 22.3. The van der Waals surface area contributed by atoms with Gasteiger partial charge in [0.1, 0.15) is 11.3 Å². The highest BCUT2D eigenvalue weighted by Crippen LogP contribution is 2.26. The van der Waals surface area contributed by atoms with Crippen molar-refractivity contribution >= 4 is 17.1 Å². The summed E-state index contributed by atoms with van der Waals surface area (Å²) >= 11 is 0. The first-order valence-corrected chi connectivity index (χ1v) is 11.9. The normalized spacial score (nSPS) is 17.0. The molecule has 32 heavy (non-hydrogen) atoms. The summed E-state index contributed by atoms with van der Waals surface area (Å²) in [7, 11) is 0. The molecule has 0 spiro atoms. The van der Waals surface area contributed by atoms with E-state index in [9.17, 15) is 4.79 Å². The summed E-state index contributed by atoms with van der Waals surface area (Å²) in [5.41, 5.74) is 5.81. The third-order valence-corrected chi connectivity index (χ3v) is 7.11. The van der Waals surface area contributed by atoms with Gasteiger partial charge in [0.05, 0.1) is 5.56 Å². The molecular weight excluding hydrogens is 398 g/mol. The summed E-state index contributed by atoms with van der Waals surface area (Å²) in [6, 6.07) is 10.6. The van der Waals surface area contributed by atoms with Crippen LogP contribution in [0.2, 0.25) is 0 Å². The summed E-state index contributed by atoms with van der Waals surface area (Å²) in [4.78, 5) is 25.4. The molecule has 0 aliphatic carbocycles. The number of pyridine rings is 1. The molecule has 0 atom stereocenters. The standard InChI is InChI=1S/C26H33N5O/c1-18-15-21(23-24(28-18)31-13-8-4-5-11-22(31)29-23)25(32)27-17-26(2,3)30-14-12-19-9-6-7-10-20(19)16-30/h6-7,9-10,15H,4-5,8,11-14,16-17H2,1-3H3,(H,27,32). The molecule has 3 aromatic rings. The monoisotopic (exact) mass is 431 g/mol. The van der Waals surface area contributed by atoms with E-state index in [0.717, 1.165) is 68.0 Å². The first kappa shape index (κ1) is 21.1. The van der Waals surface area contributed by atoms with Gasteiger partial charge in [-0.2, -0.15) is 0 Å². The van der Waals surface area contributed by atoms with Gasteiger partial charge in [-0.3, -0.25) is 9.69 Å². The van der Waals surface area contributed by atoms with Gasteiger partial charge in [0.25, 0.3) is 5.91 Å². The molecule has 168 valence electrons.